The fourth-order valence-corrected chi connectivity index (χ4v) is 3.81. The molecule has 1 N–H and O–H groups in total. The summed E-state index contributed by atoms with van der Waals surface area (Å²) in [6.45, 7) is 3.88. The molecule has 94 valence electrons. The van der Waals surface area contributed by atoms with Crippen molar-refractivity contribution in [3.05, 3.63) is 17.1 Å². The molecule has 2 rings (SSSR count). The molecule has 1 unspecified atom stereocenters. The maximum atomic E-state index is 11.4. The Morgan fingerprint density at radius 1 is 1.29 bits per heavy atom. The molecule has 0 aromatic carbocycles. The lowest BCUT2D eigenvalue weighted by Crippen LogP contribution is -2.11. The van der Waals surface area contributed by atoms with Crippen LogP contribution in [-0.4, -0.2) is 36.9 Å². The van der Waals surface area contributed by atoms with Gasteiger partial charge in [-0.25, -0.2) is 18.4 Å². The van der Waals surface area contributed by atoms with Crippen LogP contribution in [0.1, 0.15) is 29.4 Å². The Bertz CT molecular complexity index is 540. The van der Waals surface area contributed by atoms with Crippen LogP contribution in [0.3, 0.4) is 0 Å². The van der Waals surface area contributed by atoms with Gasteiger partial charge in [0.25, 0.3) is 0 Å². The quantitative estimate of drug-likeness (QED) is 0.854. The summed E-state index contributed by atoms with van der Waals surface area (Å²) in [5, 5.41) is 3.02. The fraction of sp³-hybridized carbons (Fsp3) is 0.636. The molecule has 17 heavy (non-hydrogen) atoms. The van der Waals surface area contributed by atoms with E-state index in [9.17, 15) is 8.42 Å². The van der Waals surface area contributed by atoms with Crippen molar-refractivity contribution in [1.29, 1.82) is 0 Å². The molecule has 1 aromatic rings. The van der Waals surface area contributed by atoms with E-state index in [1.807, 2.05) is 20.9 Å². The first-order valence-corrected chi connectivity index (χ1v) is 7.48. The number of aromatic nitrogens is 2. The molecule has 0 aliphatic carbocycles. The summed E-state index contributed by atoms with van der Waals surface area (Å²) >= 11 is 0. The molecule has 0 amide bonds. The molecule has 1 fully saturated rings. The van der Waals surface area contributed by atoms with Crippen molar-refractivity contribution in [2.75, 3.05) is 23.9 Å². The highest BCUT2D eigenvalue weighted by molar-refractivity contribution is 7.91. The molecule has 0 radical (unpaired) electrons. The van der Waals surface area contributed by atoms with Gasteiger partial charge >= 0.3 is 0 Å². The maximum absolute atomic E-state index is 11.4. The third-order valence-electron chi connectivity index (χ3n) is 3.24. The molecule has 0 saturated carbocycles. The topological polar surface area (TPSA) is 72.0 Å². The van der Waals surface area contributed by atoms with Crippen molar-refractivity contribution < 1.29 is 8.42 Å². The van der Waals surface area contributed by atoms with E-state index in [4.69, 9.17) is 0 Å². The van der Waals surface area contributed by atoms with E-state index < -0.39 is 9.84 Å². The largest absolute Gasteiger partial charge is 0.373 e. The van der Waals surface area contributed by atoms with Gasteiger partial charge in [0.15, 0.2) is 9.84 Å². The number of aryl methyl sites for hydroxylation is 1. The lowest BCUT2D eigenvalue weighted by atomic mass is 10.1. The van der Waals surface area contributed by atoms with Crippen LogP contribution in [0, 0.1) is 13.8 Å². The van der Waals surface area contributed by atoms with E-state index in [0.717, 1.165) is 17.1 Å². The van der Waals surface area contributed by atoms with E-state index in [1.54, 1.807) is 0 Å². The second kappa shape index (κ2) is 4.25. The zero-order valence-corrected chi connectivity index (χ0v) is 11.1. The minimum absolute atomic E-state index is 0.0496. The Morgan fingerprint density at radius 2 is 2.00 bits per heavy atom. The van der Waals surface area contributed by atoms with Crippen LogP contribution in [0.4, 0.5) is 5.82 Å². The van der Waals surface area contributed by atoms with Crippen LogP contribution in [0.2, 0.25) is 0 Å². The molecule has 1 aliphatic rings. The first-order valence-electron chi connectivity index (χ1n) is 5.66. The number of nitrogens with one attached hydrogen (secondary N) is 1. The van der Waals surface area contributed by atoms with Crippen LogP contribution >= 0.6 is 0 Å². The van der Waals surface area contributed by atoms with E-state index in [0.29, 0.717) is 12.2 Å². The second-order valence-corrected chi connectivity index (χ2v) is 6.72. The van der Waals surface area contributed by atoms with Gasteiger partial charge in [-0.2, -0.15) is 0 Å². The standard InChI is InChI=1S/C11H17N3O2S/c1-7-8(2)13-11(14-10(7)12-3)9-4-5-17(15,16)6-9/h9H,4-6H2,1-3H3,(H,12,13,14). The molecule has 0 bridgehead atoms. The first-order chi connectivity index (χ1) is 7.93. The van der Waals surface area contributed by atoms with Crippen molar-refractivity contribution in [1.82, 2.24) is 9.97 Å². The molecule has 2 heterocycles. The van der Waals surface area contributed by atoms with Gasteiger partial charge in [-0.05, 0) is 20.3 Å². The smallest absolute Gasteiger partial charge is 0.151 e. The summed E-state index contributed by atoms with van der Waals surface area (Å²) < 4.78 is 22.9. The van der Waals surface area contributed by atoms with Gasteiger partial charge < -0.3 is 5.32 Å². The number of anilines is 1. The normalized spacial score (nSPS) is 22.6. The summed E-state index contributed by atoms with van der Waals surface area (Å²) in [5.74, 6) is 1.82. The van der Waals surface area contributed by atoms with E-state index in [2.05, 4.69) is 15.3 Å². The second-order valence-electron chi connectivity index (χ2n) is 4.49. The summed E-state index contributed by atoms with van der Waals surface area (Å²) in [6.07, 6.45) is 0.633. The molecule has 0 spiro atoms. The zero-order valence-electron chi connectivity index (χ0n) is 10.3. The van der Waals surface area contributed by atoms with E-state index >= 15 is 0 Å². The summed E-state index contributed by atoms with van der Waals surface area (Å²) in [4.78, 5) is 8.83. The number of sulfone groups is 1. The molecule has 5 nitrogen and oxygen atoms in total. The van der Waals surface area contributed by atoms with Crippen molar-refractivity contribution >= 4 is 15.7 Å². The minimum Gasteiger partial charge on any atom is -0.373 e. The Labute approximate surface area is 102 Å². The Hall–Kier alpha value is -1.17. The Morgan fingerprint density at radius 3 is 2.53 bits per heavy atom. The molecule has 1 aromatic heterocycles. The van der Waals surface area contributed by atoms with Gasteiger partial charge in [-0.3, -0.25) is 0 Å². The van der Waals surface area contributed by atoms with E-state index in [1.165, 1.54) is 0 Å². The fourth-order valence-electron chi connectivity index (χ4n) is 2.08. The lowest BCUT2D eigenvalue weighted by Gasteiger charge is -2.12. The Balaban J connectivity index is 2.37. The highest BCUT2D eigenvalue weighted by Gasteiger charge is 2.31. The number of nitrogens with zero attached hydrogens (tertiary/aromatic N) is 2. The van der Waals surface area contributed by atoms with Gasteiger partial charge in [-0.1, -0.05) is 0 Å². The van der Waals surface area contributed by atoms with Gasteiger partial charge in [0.2, 0.25) is 0 Å². The SMILES string of the molecule is CNc1nc(C2CCS(=O)(=O)C2)nc(C)c1C. The molecule has 1 atom stereocenters. The van der Waals surface area contributed by atoms with Crippen LogP contribution in [0.5, 0.6) is 0 Å². The summed E-state index contributed by atoms with van der Waals surface area (Å²) in [6, 6.07) is 0. The zero-order chi connectivity index (χ0) is 12.6. The van der Waals surface area contributed by atoms with Crippen LogP contribution in [0.15, 0.2) is 0 Å². The predicted octanol–water partition coefficient (Wildman–Crippen LogP) is 1.04. The molecule has 6 heteroatoms. The molecular weight excluding hydrogens is 238 g/mol. The average Bonchev–Trinajstić information content (AvgIpc) is 2.62. The third kappa shape index (κ3) is 2.41. The lowest BCUT2D eigenvalue weighted by molar-refractivity contribution is 0.601. The van der Waals surface area contributed by atoms with Crippen molar-refractivity contribution in [2.24, 2.45) is 0 Å². The van der Waals surface area contributed by atoms with Crippen LogP contribution < -0.4 is 5.32 Å². The number of rotatable bonds is 2. The van der Waals surface area contributed by atoms with Crippen LogP contribution in [-0.2, 0) is 9.84 Å². The Kier molecular flexibility index (Phi) is 3.07. The van der Waals surface area contributed by atoms with E-state index in [-0.39, 0.29) is 17.4 Å². The third-order valence-corrected chi connectivity index (χ3v) is 5.01. The monoisotopic (exact) mass is 255 g/mol. The number of hydrogen-bond acceptors (Lipinski definition) is 5. The van der Waals surface area contributed by atoms with Crippen molar-refractivity contribution in [3.63, 3.8) is 0 Å². The molecule has 1 aliphatic heterocycles. The predicted molar refractivity (Wildman–Crippen MR) is 67.1 cm³/mol. The van der Waals surface area contributed by atoms with Crippen molar-refractivity contribution in [3.8, 4) is 0 Å². The maximum Gasteiger partial charge on any atom is 0.151 e. The van der Waals surface area contributed by atoms with Gasteiger partial charge in [-0.15, -0.1) is 0 Å². The summed E-state index contributed by atoms with van der Waals surface area (Å²) in [7, 11) is -1.08. The van der Waals surface area contributed by atoms with Gasteiger partial charge in [0.05, 0.1) is 11.5 Å². The first kappa shape index (κ1) is 12.3. The highest BCUT2D eigenvalue weighted by Crippen LogP contribution is 2.28. The average molecular weight is 255 g/mol. The van der Waals surface area contributed by atoms with Gasteiger partial charge in [0.1, 0.15) is 11.6 Å². The highest BCUT2D eigenvalue weighted by atomic mass is 32.2. The minimum atomic E-state index is -2.89. The molecular formula is C11H17N3O2S. The molecule has 1 saturated heterocycles. The number of hydrogen-bond donors (Lipinski definition) is 1. The van der Waals surface area contributed by atoms with Gasteiger partial charge in [0, 0.05) is 24.2 Å². The summed E-state index contributed by atoms with van der Waals surface area (Å²) in [5.41, 5.74) is 1.92. The van der Waals surface area contributed by atoms with Crippen LogP contribution in [0.25, 0.3) is 0 Å². The van der Waals surface area contributed by atoms with Crippen molar-refractivity contribution in [2.45, 2.75) is 26.2 Å².